The summed E-state index contributed by atoms with van der Waals surface area (Å²) in [6.07, 6.45) is 2.75. The van der Waals surface area contributed by atoms with E-state index in [1.165, 1.54) is 33.2 Å². The highest BCUT2D eigenvalue weighted by Crippen LogP contribution is 2.36. The van der Waals surface area contributed by atoms with Crippen LogP contribution in [0.3, 0.4) is 0 Å². The number of carbonyl (C=O) groups excluding carboxylic acids is 1. The summed E-state index contributed by atoms with van der Waals surface area (Å²) in [4.78, 5) is 18.2. The van der Waals surface area contributed by atoms with Crippen LogP contribution in [0.1, 0.15) is 62.3 Å². The molecule has 3 aromatic carbocycles. The number of aromatic nitrogens is 1. The molecule has 1 saturated heterocycles. The number of methoxy groups -OCH3 is 1. The van der Waals surface area contributed by atoms with Crippen LogP contribution >= 0.6 is 0 Å². The number of hydrogen-bond donors (Lipinski definition) is 0. The van der Waals surface area contributed by atoms with E-state index < -0.39 is 0 Å². The number of amides is 1. The third-order valence-corrected chi connectivity index (χ3v) is 8.44. The zero-order valence-electron chi connectivity index (χ0n) is 24.7. The third kappa shape index (κ3) is 6.10. The molecule has 0 bridgehead atoms. The van der Waals surface area contributed by atoms with Gasteiger partial charge in [-0.2, -0.15) is 0 Å². The van der Waals surface area contributed by atoms with Crippen molar-refractivity contribution in [1.29, 1.82) is 0 Å². The van der Waals surface area contributed by atoms with Gasteiger partial charge in [-0.05, 0) is 52.4 Å². The van der Waals surface area contributed by atoms with Crippen molar-refractivity contribution < 1.29 is 9.53 Å². The molecule has 5 nitrogen and oxygen atoms in total. The van der Waals surface area contributed by atoms with Gasteiger partial charge in [-0.15, -0.1) is 0 Å². The number of para-hydroxylation sites is 1. The Balaban J connectivity index is 1.52. The van der Waals surface area contributed by atoms with E-state index in [1.54, 1.807) is 7.11 Å². The van der Waals surface area contributed by atoms with E-state index in [0.717, 1.165) is 45.0 Å². The number of rotatable bonds is 8. The van der Waals surface area contributed by atoms with Crippen molar-refractivity contribution in [2.24, 2.45) is 0 Å². The van der Waals surface area contributed by atoms with E-state index in [9.17, 15) is 4.79 Å². The van der Waals surface area contributed by atoms with E-state index in [2.05, 4.69) is 109 Å². The minimum atomic E-state index is -0.0206. The van der Waals surface area contributed by atoms with Crippen molar-refractivity contribution in [1.82, 2.24) is 14.4 Å². The van der Waals surface area contributed by atoms with Crippen LogP contribution in [0, 0.1) is 0 Å². The highest BCUT2D eigenvalue weighted by atomic mass is 16.5. The molecule has 5 heteroatoms. The number of nitrogens with zero attached hydrogens (tertiary/aromatic N) is 3. The standard InChI is InChI=1S/C35H43N3O2/c1-6-36-19-21-37(22-20-36)34(39)23-31(27-13-15-28(16-14-27)35(2,3)4)32-25-38(33-10-8-7-9-30(32)33)24-26-11-17-29(40-5)18-12-26/h7-18,25,31H,6,19-24H2,1-5H3. The molecule has 1 aliphatic heterocycles. The molecule has 0 N–H and O–H groups in total. The number of carbonyl (C=O) groups is 1. The summed E-state index contributed by atoms with van der Waals surface area (Å²) in [5.41, 5.74) is 6.20. The van der Waals surface area contributed by atoms with Gasteiger partial charge in [-0.25, -0.2) is 0 Å². The van der Waals surface area contributed by atoms with E-state index in [4.69, 9.17) is 4.74 Å². The molecule has 2 heterocycles. The Labute approximate surface area is 239 Å². The molecular formula is C35H43N3O2. The van der Waals surface area contributed by atoms with Crippen LogP contribution < -0.4 is 4.74 Å². The predicted molar refractivity (Wildman–Crippen MR) is 164 cm³/mol. The number of piperazine rings is 1. The van der Waals surface area contributed by atoms with Gasteiger partial charge in [0.1, 0.15) is 5.75 Å². The fourth-order valence-corrected chi connectivity index (χ4v) is 5.85. The second-order valence-electron chi connectivity index (χ2n) is 12.0. The smallest absolute Gasteiger partial charge is 0.223 e. The number of likely N-dealkylation sites (N-methyl/N-ethyl adjacent to an activating group) is 1. The molecule has 1 unspecified atom stereocenters. The quantitative estimate of drug-likeness (QED) is 0.252. The Kier molecular flexibility index (Phi) is 8.32. The summed E-state index contributed by atoms with van der Waals surface area (Å²) < 4.78 is 7.68. The Morgan fingerprint density at radius 3 is 2.20 bits per heavy atom. The molecule has 1 aromatic heterocycles. The van der Waals surface area contributed by atoms with Crippen LogP contribution in [-0.4, -0.2) is 60.1 Å². The number of fused-ring (bicyclic) bond motifs is 1. The predicted octanol–water partition coefficient (Wildman–Crippen LogP) is 6.68. The summed E-state index contributed by atoms with van der Waals surface area (Å²) in [7, 11) is 1.69. The lowest BCUT2D eigenvalue weighted by atomic mass is 9.83. The SMILES string of the molecule is CCN1CCN(C(=O)CC(c2ccc(C(C)(C)C)cc2)c2cn(Cc3ccc(OC)cc3)c3ccccc23)CC1. The molecule has 40 heavy (non-hydrogen) atoms. The van der Waals surface area contributed by atoms with E-state index in [0.29, 0.717) is 6.42 Å². The zero-order chi connectivity index (χ0) is 28.3. The molecule has 0 spiro atoms. The first-order chi connectivity index (χ1) is 19.3. The van der Waals surface area contributed by atoms with Crippen LogP contribution in [0.25, 0.3) is 10.9 Å². The van der Waals surface area contributed by atoms with Crippen molar-refractivity contribution in [3.05, 3.63) is 101 Å². The van der Waals surface area contributed by atoms with Crippen molar-refractivity contribution in [3.8, 4) is 5.75 Å². The van der Waals surface area contributed by atoms with Gasteiger partial charge in [0.05, 0.1) is 7.11 Å². The second kappa shape index (κ2) is 11.9. The molecule has 5 rings (SSSR count). The average molecular weight is 538 g/mol. The minimum Gasteiger partial charge on any atom is -0.497 e. The molecule has 210 valence electrons. The lowest BCUT2D eigenvalue weighted by molar-refractivity contribution is -0.133. The fourth-order valence-electron chi connectivity index (χ4n) is 5.85. The molecule has 4 aromatic rings. The topological polar surface area (TPSA) is 37.7 Å². The first-order valence-corrected chi connectivity index (χ1v) is 14.6. The number of benzene rings is 3. The van der Waals surface area contributed by atoms with Crippen molar-refractivity contribution in [3.63, 3.8) is 0 Å². The molecule has 1 aliphatic rings. The summed E-state index contributed by atoms with van der Waals surface area (Å²) in [6.45, 7) is 14.2. The maximum absolute atomic E-state index is 13.8. The van der Waals surface area contributed by atoms with Crippen LogP contribution in [0.15, 0.2) is 79.0 Å². The molecule has 0 saturated carbocycles. The molecular weight excluding hydrogens is 494 g/mol. The van der Waals surface area contributed by atoms with E-state index >= 15 is 0 Å². The largest absolute Gasteiger partial charge is 0.497 e. The Hall–Kier alpha value is -3.57. The maximum atomic E-state index is 13.8. The van der Waals surface area contributed by atoms with Gasteiger partial charge in [0.25, 0.3) is 0 Å². The highest BCUT2D eigenvalue weighted by Gasteiger charge is 2.27. The molecule has 0 aliphatic carbocycles. The summed E-state index contributed by atoms with van der Waals surface area (Å²) in [5, 5.41) is 1.21. The molecule has 1 atom stereocenters. The van der Waals surface area contributed by atoms with E-state index in [-0.39, 0.29) is 17.2 Å². The first-order valence-electron chi connectivity index (χ1n) is 14.6. The second-order valence-corrected chi connectivity index (χ2v) is 12.0. The molecule has 1 amide bonds. The first kappa shape index (κ1) is 28.0. The third-order valence-electron chi connectivity index (χ3n) is 8.44. The van der Waals surface area contributed by atoms with Gasteiger partial charge >= 0.3 is 0 Å². The minimum absolute atomic E-state index is 0.0206. The zero-order valence-corrected chi connectivity index (χ0v) is 24.7. The Morgan fingerprint density at radius 1 is 0.900 bits per heavy atom. The highest BCUT2D eigenvalue weighted by molar-refractivity contribution is 5.87. The average Bonchev–Trinajstić information content (AvgIpc) is 3.33. The molecule has 0 radical (unpaired) electrons. The summed E-state index contributed by atoms with van der Waals surface area (Å²) >= 11 is 0. The summed E-state index contributed by atoms with van der Waals surface area (Å²) in [5.74, 6) is 1.08. The van der Waals surface area contributed by atoms with Crippen LogP contribution in [0.2, 0.25) is 0 Å². The monoisotopic (exact) mass is 537 g/mol. The van der Waals surface area contributed by atoms with Crippen LogP contribution in [0.5, 0.6) is 5.75 Å². The van der Waals surface area contributed by atoms with Gasteiger partial charge in [0, 0.05) is 62.2 Å². The number of hydrogen-bond acceptors (Lipinski definition) is 3. The van der Waals surface area contributed by atoms with Crippen molar-refractivity contribution in [2.45, 2.75) is 52.0 Å². The van der Waals surface area contributed by atoms with E-state index in [1.807, 2.05) is 12.1 Å². The lowest BCUT2D eigenvalue weighted by Crippen LogP contribution is -2.48. The van der Waals surface area contributed by atoms with Crippen LogP contribution in [-0.2, 0) is 16.8 Å². The lowest BCUT2D eigenvalue weighted by Gasteiger charge is -2.35. The van der Waals surface area contributed by atoms with Gasteiger partial charge in [0.15, 0.2) is 0 Å². The maximum Gasteiger partial charge on any atom is 0.223 e. The van der Waals surface area contributed by atoms with Gasteiger partial charge in [-0.3, -0.25) is 4.79 Å². The van der Waals surface area contributed by atoms with Crippen LogP contribution in [0.4, 0.5) is 0 Å². The Bertz CT molecular complexity index is 1420. The van der Waals surface area contributed by atoms with Gasteiger partial charge in [-0.1, -0.05) is 82.3 Å². The van der Waals surface area contributed by atoms with Crippen molar-refractivity contribution in [2.75, 3.05) is 39.8 Å². The molecule has 1 fully saturated rings. The fraction of sp³-hybridized carbons (Fsp3) is 0.400. The normalized spacial score (nSPS) is 15.4. The number of ether oxygens (including phenoxy) is 1. The van der Waals surface area contributed by atoms with Crippen molar-refractivity contribution >= 4 is 16.8 Å². The Morgan fingerprint density at radius 2 is 1.57 bits per heavy atom. The summed E-state index contributed by atoms with van der Waals surface area (Å²) in [6, 6.07) is 25.8. The van der Waals surface area contributed by atoms with Gasteiger partial charge in [0.2, 0.25) is 5.91 Å². The van der Waals surface area contributed by atoms with Gasteiger partial charge < -0.3 is 19.1 Å².